The summed E-state index contributed by atoms with van der Waals surface area (Å²) in [7, 11) is 0. The van der Waals surface area contributed by atoms with Gasteiger partial charge in [-0.2, -0.15) is 5.10 Å². The molecule has 0 aliphatic carbocycles. The van der Waals surface area contributed by atoms with Gasteiger partial charge in [0.15, 0.2) is 5.69 Å². The largest absolute Gasteiger partial charge is 0.461 e. The van der Waals surface area contributed by atoms with E-state index >= 15 is 0 Å². The van der Waals surface area contributed by atoms with Crippen molar-refractivity contribution in [2.24, 2.45) is 11.0 Å². The molecule has 0 aliphatic rings. The quantitative estimate of drug-likeness (QED) is 0.488. The normalized spacial score (nSPS) is 11.0. The van der Waals surface area contributed by atoms with Crippen molar-refractivity contribution >= 4 is 28.7 Å². The number of rotatable bonds is 5. The van der Waals surface area contributed by atoms with Crippen LogP contribution in [0, 0.1) is 5.92 Å². The Hall–Kier alpha value is -1.43. The van der Waals surface area contributed by atoms with E-state index in [0.717, 1.165) is 0 Å². The van der Waals surface area contributed by atoms with Crippen molar-refractivity contribution in [1.82, 2.24) is 4.98 Å². The van der Waals surface area contributed by atoms with Crippen LogP contribution in [0.2, 0.25) is 0 Å². The van der Waals surface area contributed by atoms with E-state index in [0.29, 0.717) is 23.4 Å². The third-order valence-electron chi connectivity index (χ3n) is 1.52. The molecule has 5 nitrogen and oxygen atoms in total. The van der Waals surface area contributed by atoms with Crippen LogP contribution in [0.4, 0.5) is 5.13 Å². The highest BCUT2D eigenvalue weighted by molar-refractivity contribution is 7.13. The van der Waals surface area contributed by atoms with Crippen LogP contribution < -0.4 is 5.43 Å². The molecule has 88 valence electrons. The molecule has 0 amide bonds. The van der Waals surface area contributed by atoms with Gasteiger partial charge < -0.3 is 4.74 Å². The molecule has 16 heavy (non-hydrogen) atoms. The summed E-state index contributed by atoms with van der Waals surface area (Å²) in [4.78, 5) is 15.3. The Balaban J connectivity index is 2.54. The molecule has 0 saturated carbocycles. The fourth-order valence-electron chi connectivity index (χ4n) is 0.865. The van der Waals surface area contributed by atoms with Crippen LogP contribution in [0.1, 0.15) is 31.3 Å². The highest BCUT2D eigenvalue weighted by atomic mass is 32.1. The first kappa shape index (κ1) is 12.6. The van der Waals surface area contributed by atoms with Gasteiger partial charge in [-0.05, 0) is 12.8 Å². The molecular formula is C10H15N3O2S. The van der Waals surface area contributed by atoms with Crippen molar-refractivity contribution in [2.45, 2.75) is 20.8 Å². The number of carbonyl (C=O) groups is 1. The van der Waals surface area contributed by atoms with Crippen LogP contribution in [0.3, 0.4) is 0 Å². The number of aromatic nitrogens is 1. The van der Waals surface area contributed by atoms with Crippen molar-refractivity contribution in [3.8, 4) is 0 Å². The molecule has 0 atom stereocenters. The Kier molecular flexibility index (Phi) is 4.91. The SMILES string of the molecule is CCOC(=O)c1csc(N/N=C/C(C)C)n1. The summed E-state index contributed by atoms with van der Waals surface area (Å²) in [6.07, 6.45) is 1.77. The van der Waals surface area contributed by atoms with Crippen molar-refractivity contribution in [1.29, 1.82) is 0 Å². The Morgan fingerprint density at radius 3 is 3.12 bits per heavy atom. The number of nitrogens with one attached hydrogen (secondary N) is 1. The molecule has 1 heterocycles. The van der Waals surface area contributed by atoms with Crippen molar-refractivity contribution < 1.29 is 9.53 Å². The zero-order valence-corrected chi connectivity index (χ0v) is 10.4. The minimum absolute atomic E-state index is 0.314. The number of thiazole rings is 1. The zero-order chi connectivity index (χ0) is 12.0. The number of esters is 1. The van der Waals surface area contributed by atoms with Crippen LogP contribution in [0.5, 0.6) is 0 Å². The molecule has 6 heteroatoms. The molecule has 0 saturated heterocycles. The summed E-state index contributed by atoms with van der Waals surface area (Å²) in [6.45, 7) is 6.16. The second-order valence-electron chi connectivity index (χ2n) is 3.39. The summed E-state index contributed by atoms with van der Waals surface area (Å²) in [5.41, 5.74) is 3.08. The first-order valence-corrected chi connectivity index (χ1v) is 5.93. The van der Waals surface area contributed by atoms with Gasteiger partial charge in [-0.15, -0.1) is 11.3 Å². The second kappa shape index (κ2) is 6.22. The lowest BCUT2D eigenvalue weighted by molar-refractivity contribution is 0.0520. The Morgan fingerprint density at radius 2 is 2.50 bits per heavy atom. The summed E-state index contributed by atoms with van der Waals surface area (Å²) < 4.78 is 4.82. The third-order valence-corrected chi connectivity index (χ3v) is 2.27. The molecule has 0 fully saturated rings. The predicted molar refractivity (Wildman–Crippen MR) is 65.0 cm³/mol. The van der Waals surface area contributed by atoms with Crippen molar-refractivity contribution in [2.75, 3.05) is 12.0 Å². The molecular weight excluding hydrogens is 226 g/mol. The van der Waals surface area contributed by atoms with E-state index in [9.17, 15) is 4.79 Å². The molecule has 0 aliphatic heterocycles. The number of anilines is 1. The van der Waals surface area contributed by atoms with E-state index < -0.39 is 5.97 Å². The number of carbonyl (C=O) groups excluding carboxylic acids is 1. The number of hydrogen-bond acceptors (Lipinski definition) is 6. The van der Waals surface area contributed by atoms with Gasteiger partial charge >= 0.3 is 5.97 Å². The van der Waals surface area contributed by atoms with E-state index in [1.807, 2.05) is 13.8 Å². The van der Waals surface area contributed by atoms with E-state index in [1.54, 1.807) is 18.5 Å². The fourth-order valence-corrected chi connectivity index (χ4v) is 1.49. The summed E-state index contributed by atoms with van der Waals surface area (Å²) in [5, 5.41) is 6.21. The third kappa shape index (κ3) is 3.98. The summed E-state index contributed by atoms with van der Waals surface area (Å²) in [5.74, 6) is -0.0309. The van der Waals surface area contributed by atoms with E-state index in [1.165, 1.54) is 11.3 Å². The molecule has 1 aromatic heterocycles. The standard InChI is InChI=1S/C10H15N3O2S/c1-4-15-9(14)8-6-16-10(12-8)13-11-5-7(2)3/h5-7H,4H2,1-3H3,(H,12,13)/b11-5+. The molecule has 0 bridgehead atoms. The monoisotopic (exact) mass is 241 g/mol. The van der Waals surface area contributed by atoms with Crippen LogP contribution in [0.25, 0.3) is 0 Å². The maximum absolute atomic E-state index is 11.3. The van der Waals surface area contributed by atoms with Gasteiger partial charge in [0, 0.05) is 11.6 Å². The van der Waals surface area contributed by atoms with E-state index in [4.69, 9.17) is 4.74 Å². The van der Waals surface area contributed by atoms with Crippen LogP contribution in [0.15, 0.2) is 10.5 Å². The van der Waals surface area contributed by atoms with Gasteiger partial charge in [0.05, 0.1) is 6.61 Å². The second-order valence-corrected chi connectivity index (χ2v) is 4.25. The van der Waals surface area contributed by atoms with E-state index in [2.05, 4.69) is 15.5 Å². The first-order valence-electron chi connectivity index (χ1n) is 5.05. The van der Waals surface area contributed by atoms with E-state index in [-0.39, 0.29) is 0 Å². The van der Waals surface area contributed by atoms with Gasteiger partial charge in [-0.25, -0.2) is 9.78 Å². The Labute approximate surface area is 98.5 Å². The molecule has 1 rings (SSSR count). The number of ether oxygens (including phenoxy) is 1. The molecule has 0 unspecified atom stereocenters. The average Bonchev–Trinajstić information content (AvgIpc) is 2.66. The van der Waals surface area contributed by atoms with Gasteiger partial charge in [-0.3, -0.25) is 5.43 Å². The fraction of sp³-hybridized carbons (Fsp3) is 0.500. The average molecular weight is 241 g/mol. The lowest BCUT2D eigenvalue weighted by Crippen LogP contribution is -2.05. The van der Waals surface area contributed by atoms with Gasteiger partial charge in [-0.1, -0.05) is 13.8 Å². The molecule has 1 N–H and O–H groups in total. The lowest BCUT2D eigenvalue weighted by atomic mass is 10.3. The minimum atomic E-state index is -0.403. The molecule has 1 aromatic rings. The number of hydrogen-bond donors (Lipinski definition) is 1. The van der Waals surface area contributed by atoms with Crippen LogP contribution >= 0.6 is 11.3 Å². The zero-order valence-electron chi connectivity index (χ0n) is 9.56. The maximum atomic E-state index is 11.3. The Bertz CT molecular complexity index is 374. The minimum Gasteiger partial charge on any atom is -0.461 e. The Morgan fingerprint density at radius 1 is 1.75 bits per heavy atom. The number of hydrazone groups is 1. The van der Waals surface area contributed by atoms with Crippen molar-refractivity contribution in [3.63, 3.8) is 0 Å². The highest BCUT2D eigenvalue weighted by Crippen LogP contribution is 2.15. The van der Waals surface area contributed by atoms with Crippen molar-refractivity contribution in [3.05, 3.63) is 11.1 Å². The van der Waals surface area contributed by atoms with Crippen LogP contribution in [-0.4, -0.2) is 23.8 Å². The number of nitrogens with zero attached hydrogens (tertiary/aromatic N) is 2. The summed E-state index contributed by atoms with van der Waals surface area (Å²) >= 11 is 1.32. The smallest absolute Gasteiger partial charge is 0.357 e. The van der Waals surface area contributed by atoms with Gasteiger partial charge in [0.1, 0.15) is 0 Å². The first-order chi connectivity index (χ1) is 7.63. The molecule has 0 spiro atoms. The van der Waals surface area contributed by atoms with Gasteiger partial charge in [0.25, 0.3) is 0 Å². The molecule has 0 radical (unpaired) electrons. The van der Waals surface area contributed by atoms with Gasteiger partial charge in [0.2, 0.25) is 5.13 Å². The van der Waals surface area contributed by atoms with Crippen LogP contribution in [-0.2, 0) is 4.74 Å². The maximum Gasteiger partial charge on any atom is 0.357 e. The lowest BCUT2D eigenvalue weighted by Gasteiger charge is -1.96. The predicted octanol–water partition coefficient (Wildman–Crippen LogP) is 2.37. The topological polar surface area (TPSA) is 63.6 Å². The highest BCUT2D eigenvalue weighted by Gasteiger charge is 2.10. The summed E-state index contributed by atoms with van der Waals surface area (Å²) in [6, 6.07) is 0. The molecule has 0 aromatic carbocycles.